The topological polar surface area (TPSA) is 66.9 Å². The van der Waals surface area contributed by atoms with Gasteiger partial charge in [-0.25, -0.2) is 0 Å². The van der Waals surface area contributed by atoms with E-state index in [-0.39, 0.29) is 16.1 Å². The monoisotopic (exact) mass is 306 g/mol. The summed E-state index contributed by atoms with van der Waals surface area (Å²) < 4.78 is 0.754. The molecule has 1 aromatic rings. The summed E-state index contributed by atoms with van der Waals surface area (Å²) in [7, 11) is 0. The Hall–Kier alpha value is -0.810. The molecule has 0 saturated heterocycles. The van der Waals surface area contributed by atoms with Gasteiger partial charge in [0, 0.05) is 3.57 Å². The number of hydrogen-bond acceptors (Lipinski definition) is 4. The predicted octanol–water partition coefficient (Wildman–Crippen LogP) is 2.36. The third-order valence-corrected chi connectivity index (χ3v) is 2.32. The molecule has 0 aromatic heterocycles. The molecule has 0 aliphatic carbocycles. The lowest BCUT2D eigenvalue weighted by Crippen LogP contribution is -1.94. The first-order valence-corrected chi connectivity index (χ1v) is 4.66. The van der Waals surface area contributed by atoms with Gasteiger partial charge in [0.1, 0.15) is 11.6 Å². The van der Waals surface area contributed by atoms with Crippen LogP contribution < -0.4 is 0 Å². The first-order chi connectivity index (χ1) is 6.06. The van der Waals surface area contributed by atoms with E-state index in [9.17, 15) is 10.1 Å². The Kier molecular flexibility index (Phi) is 3.11. The number of rotatable bonds is 1. The van der Waals surface area contributed by atoms with Crippen LogP contribution in [-0.2, 0) is 0 Å². The second-order valence-electron chi connectivity index (χ2n) is 2.19. The molecule has 0 amide bonds. The molecule has 0 aliphatic rings. The van der Waals surface area contributed by atoms with Crippen molar-refractivity contribution < 1.29 is 4.92 Å². The zero-order valence-corrected chi connectivity index (χ0v) is 9.24. The van der Waals surface area contributed by atoms with Crippen molar-refractivity contribution in [3.8, 4) is 6.07 Å². The molecule has 4 nitrogen and oxygen atoms in total. The van der Waals surface area contributed by atoms with Gasteiger partial charge in [0.2, 0.25) is 0 Å². The predicted molar refractivity (Wildman–Crippen MR) is 57.8 cm³/mol. The van der Waals surface area contributed by atoms with Crippen molar-refractivity contribution in [2.75, 3.05) is 0 Å². The van der Waals surface area contributed by atoms with E-state index in [1.54, 1.807) is 12.1 Å². The molecule has 13 heavy (non-hydrogen) atoms. The summed E-state index contributed by atoms with van der Waals surface area (Å²) in [5.74, 6) is 0. The van der Waals surface area contributed by atoms with Gasteiger partial charge in [0.05, 0.1) is 9.82 Å². The van der Waals surface area contributed by atoms with Crippen LogP contribution in [0.4, 0.5) is 5.69 Å². The minimum atomic E-state index is -0.600. The minimum Gasteiger partial charge on any atom is -0.258 e. The van der Waals surface area contributed by atoms with Crippen molar-refractivity contribution in [3.63, 3.8) is 0 Å². The highest BCUT2D eigenvalue weighted by Gasteiger charge is 2.18. The Morgan fingerprint density at radius 1 is 1.62 bits per heavy atom. The normalized spacial score (nSPS) is 9.31. The molecule has 0 saturated carbocycles. The number of thiol groups is 1. The SMILES string of the molecule is N#Cc1cc(I)cc(S)c1[N+](=O)[O-]. The van der Waals surface area contributed by atoms with Crippen LogP contribution in [0.2, 0.25) is 0 Å². The molecule has 0 aliphatic heterocycles. The number of nitriles is 1. The highest BCUT2D eigenvalue weighted by atomic mass is 127. The Labute approximate surface area is 93.3 Å². The largest absolute Gasteiger partial charge is 0.300 e. The van der Waals surface area contributed by atoms with Crippen molar-refractivity contribution in [1.29, 1.82) is 5.26 Å². The molecule has 0 N–H and O–H groups in total. The van der Waals surface area contributed by atoms with E-state index >= 15 is 0 Å². The van der Waals surface area contributed by atoms with Crippen LogP contribution in [0.5, 0.6) is 0 Å². The summed E-state index contributed by atoms with van der Waals surface area (Å²) in [6.07, 6.45) is 0. The Morgan fingerprint density at radius 3 is 2.69 bits per heavy atom. The van der Waals surface area contributed by atoms with Gasteiger partial charge in [-0.3, -0.25) is 10.1 Å². The molecular weight excluding hydrogens is 303 g/mol. The lowest BCUT2D eigenvalue weighted by Gasteiger charge is -1.98. The van der Waals surface area contributed by atoms with E-state index in [0.29, 0.717) is 0 Å². The van der Waals surface area contributed by atoms with Crippen molar-refractivity contribution in [1.82, 2.24) is 0 Å². The van der Waals surface area contributed by atoms with Crippen LogP contribution in [0.3, 0.4) is 0 Å². The van der Waals surface area contributed by atoms with Crippen LogP contribution in [0.25, 0.3) is 0 Å². The highest BCUT2D eigenvalue weighted by Crippen LogP contribution is 2.28. The molecule has 0 unspecified atom stereocenters. The maximum atomic E-state index is 10.5. The van der Waals surface area contributed by atoms with Gasteiger partial charge in [-0.2, -0.15) is 5.26 Å². The fourth-order valence-corrected chi connectivity index (χ4v) is 2.07. The average molecular weight is 306 g/mol. The molecule has 6 heteroatoms. The average Bonchev–Trinajstić information content (AvgIpc) is 2.01. The zero-order valence-electron chi connectivity index (χ0n) is 6.19. The smallest absolute Gasteiger partial charge is 0.258 e. The molecular formula is C7H3IN2O2S. The summed E-state index contributed by atoms with van der Waals surface area (Å²) in [6.45, 7) is 0. The molecule has 0 atom stereocenters. The fraction of sp³-hybridized carbons (Fsp3) is 0. The summed E-state index contributed by atoms with van der Waals surface area (Å²) in [4.78, 5) is 10.1. The van der Waals surface area contributed by atoms with Crippen LogP contribution >= 0.6 is 35.2 Å². The quantitative estimate of drug-likeness (QED) is 0.375. The second-order valence-corrected chi connectivity index (χ2v) is 3.92. The van der Waals surface area contributed by atoms with E-state index in [2.05, 4.69) is 12.6 Å². The lowest BCUT2D eigenvalue weighted by molar-refractivity contribution is -0.388. The first kappa shape index (κ1) is 10.3. The number of nitro benzene ring substituents is 1. The van der Waals surface area contributed by atoms with Crippen molar-refractivity contribution in [3.05, 3.63) is 31.4 Å². The van der Waals surface area contributed by atoms with Gasteiger partial charge in [0.15, 0.2) is 0 Å². The molecule has 66 valence electrons. The molecule has 0 radical (unpaired) electrons. The van der Waals surface area contributed by atoms with Gasteiger partial charge >= 0.3 is 0 Å². The number of nitrogens with zero attached hydrogens (tertiary/aromatic N) is 2. The van der Waals surface area contributed by atoms with E-state index in [1.807, 2.05) is 22.6 Å². The van der Waals surface area contributed by atoms with Gasteiger partial charge < -0.3 is 0 Å². The molecule has 0 spiro atoms. The summed E-state index contributed by atoms with van der Waals surface area (Å²) in [6, 6.07) is 4.76. The fourth-order valence-electron chi connectivity index (χ4n) is 0.862. The van der Waals surface area contributed by atoms with Crippen LogP contribution in [0.15, 0.2) is 17.0 Å². The van der Waals surface area contributed by atoms with Gasteiger partial charge in [0.25, 0.3) is 5.69 Å². The molecule has 0 heterocycles. The van der Waals surface area contributed by atoms with Gasteiger partial charge in [-0.05, 0) is 34.7 Å². The minimum absolute atomic E-state index is 0.0434. The van der Waals surface area contributed by atoms with Gasteiger partial charge in [-0.1, -0.05) is 0 Å². The number of benzene rings is 1. The maximum absolute atomic E-state index is 10.5. The zero-order chi connectivity index (χ0) is 10.0. The molecule has 0 bridgehead atoms. The Balaban J connectivity index is 3.50. The number of halogens is 1. The maximum Gasteiger partial charge on any atom is 0.300 e. The standard InChI is InChI=1S/C7H3IN2O2S/c8-5-1-4(3-9)7(10(11)12)6(13)2-5/h1-2,13H. The van der Waals surface area contributed by atoms with Crippen molar-refractivity contribution in [2.45, 2.75) is 4.90 Å². The summed E-state index contributed by atoms with van der Waals surface area (Å²) in [5, 5.41) is 19.1. The van der Waals surface area contributed by atoms with Crippen LogP contribution in [0.1, 0.15) is 5.56 Å². The third kappa shape index (κ3) is 2.10. The second kappa shape index (κ2) is 3.93. The van der Waals surface area contributed by atoms with E-state index < -0.39 is 4.92 Å². The Bertz CT molecular complexity index is 414. The Morgan fingerprint density at radius 2 is 2.23 bits per heavy atom. The first-order valence-electron chi connectivity index (χ1n) is 3.13. The van der Waals surface area contributed by atoms with Crippen LogP contribution in [-0.4, -0.2) is 4.92 Å². The van der Waals surface area contributed by atoms with E-state index in [1.165, 1.54) is 6.07 Å². The van der Waals surface area contributed by atoms with E-state index in [4.69, 9.17) is 5.26 Å². The number of nitro groups is 1. The summed E-state index contributed by atoms with van der Waals surface area (Å²) >= 11 is 5.90. The lowest BCUT2D eigenvalue weighted by atomic mass is 10.2. The highest BCUT2D eigenvalue weighted by molar-refractivity contribution is 14.1. The van der Waals surface area contributed by atoms with Crippen LogP contribution in [0, 0.1) is 25.0 Å². The van der Waals surface area contributed by atoms with E-state index in [0.717, 1.165) is 3.57 Å². The molecule has 1 aromatic carbocycles. The number of hydrogen-bond donors (Lipinski definition) is 1. The van der Waals surface area contributed by atoms with Crippen molar-refractivity contribution >= 4 is 40.9 Å². The molecule has 1 rings (SSSR count). The van der Waals surface area contributed by atoms with Crippen molar-refractivity contribution in [2.24, 2.45) is 0 Å². The summed E-state index contributed by atoms with van der Waals surface area (Å²) in [5.41, 5.74) is -0.187. The third-order valence-electron chi connectivity index (χ3n) is 1.36. The molecule has 0 fully saturated rings. The van der Waals surface area contributed by atoms with Gasteiger partial charge in [-0.15, -0.1) is 12.6 Å².